The lowest BCUT2D eigenvalue weighted by molar-refractivity contribution is -0.119. The number of carbonyl (C=O) groups is 1. The fraction of sp³-hybridized carbons (Fsp3) is 0.973. The van der Waals surface area contributed by atoms with Crippen LogP contribution in [-0.2, 0) is 4.79 Å². The van der Waals surface area contributed by atoms with Crippen molar-refractivity contribution in [2.75, 3.05) is 0 Å². The van der Waals surface area contributed by atoms with Crippen LogP contribution in [-0.4, -0.2) is 5.78 Å². The van der Waals surface area contributed by atoms with E-state index < -0.39 is 0 Å². The molecule has 0 aliphatic rings. The minimum atomic E-state index is 0.527. The third-order valence-corrected chi connectivity index (χ3v) is 8.55. The number of carbonyl (C=O) groups excluding carboxylic acids is 1. The lowest BCUT2D eigenvalue weighted by Gasteiger charge is -2.05. The molecule has 228 valence electrons. The molecule has 0 spiro atoms. The lowest BCUT2D eigenvalue weighted by atomic mass is 10.0. The van der Waals surface area contributed by atoms with Gasteiger partial charge in [-0.25, -0.2) is 0 Å². The molecule has 0 fully saturated rings. The molecule has 0 aromatic rings. The van der Waals surface area contributed by atoms with Gasteiger partial charge >= 0.3 is 0 Å². The van der Waals surface area contributed by atoms with E-state index in [1.54, 1.807) is 0 Å². The van der Waals surface area contributed by atoms with Gasteiger partial charge in [0, 0.05) is 12.8 Å². The van der Waals surface area contributed by atoms with Crippen LogP contribution in [0.5, 0.6) is 0 Å². The third-order valence-electron chi connectivity index (χ3n) is 8.55. The maximum Gasteiger partial charge on any atom is 0.132 e. The van der Waals surface area contributed by atoms with Crippen LogP contribution in [0.1, 0.15) is 226 Å². The summed E-state index contributed by atoms with van der Waals surface area (Å²) in [5.41, 5.74) is 0. The van der Waals surface area contributed by atoms with E-state index in [-0.39, 0.29) is 0 Å². The van der Waals surface area contributed by atoms with Gasteiger partial charge in [0.2, 0.25) is 0 Å². The Morgan fingerprint density at radius 1 is 0.368 bits per heavy atom. The van der Waals surface area contributed by atoms with Crippen LogP contribution < -0.4 is 0 Å². The second-order valence-electron chi connectivity index (χ2n) is 13.1. The van der Waals surface area contributed by atoms with Crippen molar-refractivity contribution in [3.05, 3.63) is 0 Å². The van der Waals surface area contributed by atoms with Crippen molar-refractivity contribution >= 4 is 5.78 Å². The van der Waals surface area contributed by atoms with Gasteiger partial charge in [0.25, 0.3) is 0 Å². The van der Waals surface area contributed by atoms with E-state index in [4.69, 9.17) is 0 Å². The summed E-state index contributed by atoms with van der Waals surface area (Å²) in [5, 5.41) is 0. The van der Waals surface area contributed by atoms with Crippen LogP contribution in [0, 0.1) is 5.92 Å². The Hall–Kier alpha value is -0.330. The predicted molar refractivity (Wildman–Crippen MR) is 173 cm³/mol. The molecule has 0 N–H and O–H groups in total. The van der Waals surface area contributed by atoms with Crippen molar-refractivity contribution < 1.29 is 4.79 Å². The number of unbranched alkanes of at least 4 members (excludes halogenated alkanes) is 27. The van der Waals surface area contributed by atoms with Crippen LogP contribution in [0.2, 0.25) is 0 Å². The summed E-state index contributed by atoms with van der Waals surface area (Å²) in [6, 6.07) is 0. The SMILES string of the molecule is CCCCCCCCCCCCCCCCCC(=O)CCCCCCCCCCCCCCCCC(C)C. The Morgan fingerprint density at radius 2 is 0.605 bits per heavy atom. The van der Waals surface area contributed by atoms with Crippen LogP contribution in [0.3, 0.4) is 0 Å². The average Bonchev–Trinajstić information content (AvgIpc) is 2.90. The first kappa shape index (κ1) is 37.7. The molecule has 0 saturated heterocycles. The number of ketones is 1. The first-order valence-corrected chi connectivity index (χ1v) is 18.2. The van der Waals surface area contributed by atoms with Crippen molar-refractivity contribution in [2.24, 2.45) is 5.92 Å². The summed E-state index contributed by atoms with van der Waals surface area (Å²) in [4.78, 5) is 12.1. The summed E-state index contributed by atoms with van der Waals surface area (Å²) in [5.74, 6) is 1.41. The lowest BCUT2D eigenvalue weighted by Crippen LogP contribution is -1.97. The van der Waals surface area contributed by atoms with E-state index in [0.29, 0.717) is 5.78 Å². The zero-order valence-electron chi connectivity index (χ0n) is 27.1. The minimum Gasteiger partial charge on any atom is -0.300 e. The average molecular weight is 535 g/mol. The maximum atomic E-state index is 12.1. The minimum absolute atomic E-state index is 0.527. The van der Waals surface area contributed by atoms with Gasteiger partial charge in [0.15, 0.2) is 0 Å². The van der Waals surface area contributed by atoms with Gasteiger partial charge in [-0.1, -0.05) is 201 Å². The molecule has 0 rings (SSSR count). The molecule has 0 aliphatic heterocycles. The molecule has 0 aromatic heterocycles. The molecule has 0 saturated carbocycles. The van der Waals surface area contributed by atoms with Crippen molar-refractivity contribution in [1.29, 1.82) is 0 Å². The molecule has 0 radical (unpaired) electrons. The number of Topliss-reactive ketones (excluding diaryl/α,β-unsaturated/α-hetero) is 1. The Balaban J connectivity index is 3.15. The van der Waals surface area contributed by atoms with E-state index in [1.165, 1.54) is 180 Å². The normalized spacial score (nSPS) is 11.6. The Labute approximate surface area is 242 Å². The van der Waals surface area contributed by atoms with Gasteiger partial charge in [0.1, 0.15) is 5.78 Å². The third kappa shape index (κ3) is 33.7. The molecule has 0 heterocycles. The molecule has 0 amide bonds. The molecule has 0 bridgehead atoms. The fourth-order valence-corrected chi connectivity index (χ4v) is 5.81. The Bertz CT molecular complexity index is 440. The fourth-order valence-electron chi connectivity index (χ4n) is 5.81. The van der Waals surface area contributed by atoms with Crippen LogP contribution in [0.25, 0.3) is 0 Å². The molecule has 0 unspecified atom stereocenters. The zero-order valence-corrected chi connectivity index (χ0v) is 27.1. The van der Waals surface area contributed by atoms with Crippen LogP contribution in [0.4, 0.5) is 0 Å². The van der Waals surface area contributed by atoms with Crippen molar-refractivity contribution in [1.82, 2.24) is 0 Å². The van der Waals surface area contributed by atoms with E-state index in [0.717, 1.165) is 31.6 Å². The number of hydrogen-bond donors (Lipinski definition) is 0. The van der Waals surface area contributed by atoms with Gasteiger partial charge < -0.3 is 0 Å². The van der Waals surface area contributed by atoms with Crippen molar-refractivity contribution in [3.8, 4) is 0 Å². The second kappa shape index (κ2) is 32.9. The van der Waals surface area contributed by atoms with Gasteiger partial charge in [0.05, 0.1) is 0 Å². The van der Waals surface area contributed by atoms with Gasteiger partial charge in [-0.3, -0.25) is 4.79 Å². The van der Waals surface area contributed by atoms with Crippen molar-refractivity contribution in [3.63, 3.8) is 0 Å². The van der Waals surface area contributed by atoms with Crippen LogP contribution in [0.15, 0.2) is 0 Å². The van der Waals surface area contributed by atoms with E-state index in [2.05, 4.69) is 20.8 Å². The standard InChI is InChI=1S/C37H74O/c1-4-5-6-7-8-9-10-11-12-16-19-22-25-28-31-34-37(38)35-32-29-26-23-20-17-14-13-15-18-21-24-27-30-33-36(2)3/h36H,4-35H2,1-3H3. The van der Waals surface area contributed by atoms with E-state index in [1.807, 2.05) is 0 Å². The topological polar surface area (TPSA) is 17.1 Å². The van der Waals surface area contributed by atoms with Crippen molar-refractivity contribution in [2.45, 2.75) is 226 Å². The number of hydrogen-bond acceptors (Lipinski definition) is 1. The monoisotopic (exact) mass is 535 g/mol. The molecular formula is C37H74O. The molecule has 1 nitrogen and oxygen atoms in total. The summed E-state index contributed by atoms with van der Waals surface area (Å²) in [6.07, 6.45) is 43.5. The zero-order chi connectivity index (χ0) is 27.8. The molecular weight excluding hydrogens is 460 g/mol. The number of rotatable bonds is 33. The second-order valence-corrected chi connectivity index (χ2v) is 13.1. The van der Waals surface area contributed by atoms with Gasteiger partial charge in [-0.2, -0.15) is 0 Å². The highest BCUT2D eigenvalue weighted by Crippen LogP contribution is 2.16. The summed E-state index contributed by atoms with van der Waals surface area (Å²) < 4.78 is 0. The van der Waals surface area contributed by atoms with E-state index >= 15 is 0 Å². The summed E-state index contributed by atoms with van der Waals surface area (Å²) in [6.45, 7) is 6.97. The molecule has 0 aliphatic carbocycles. The molecule has 38 heavy (non-hydrogen) atoms. The maximum absolute atomic E-state index is 12.1. The predicted octanol–water partition coefficient (Wildman–Crippen LogP) is 13.7. The molecule has 0 aromatic carbocycles. The van der Waals surface area contributed by atoms with Gasteiger partial charge in [-0.05, 0) is 18.8 Å². The highest BCUT2D eigenvalue weighted by Gasteiger charge is 2.02. The highest BCUT2D eigenvalue weighted by atomic mass is 16.1. The first-order chi connectivity index (χ1) is 18.7. The summed E-state index contributed by atoms with van der Waals surface area (Å²) >= 11 is 0. The first-order valence-electron chi connectivity index (χ1n) is 18.2. The Morgan fingerprint density at radius 3 is 0.868 bits per heavy atom. The largest absolute Gasteiger partial charge is 0.300 e. The highest BCUT2D eigenvalue weighted by molar-refractivity contribution is 5.78. The Kier molecular flexibility index (Phi) is 32.6. The molecule has 0 atom stereocenters. The quantitative estimate of drug-likeness (QED) is 0.0765. The summed E-state index contributed by atoms with van der Waals surface area (Å²) in [7, 11) is 0. The van der Waals surface area contributed by atoms with Crippen LogP contribution >= 0.6 is 0 Å². The smallest absolute Gasteiger partial charge is 0.132 e. The van der Waals surface area contributed by atoms with E-state index in [9.17, 15) is 4.79 Å². The van der Waals surface area contributed by atoms with Gasteiger partial charge in [-0.15, -0.1) is 0 Å². The molecule has 1 heteroatoms.